The Hall–Kier alpha value is -1.57. The van der Waals surface area contributed by atoms with E-state index in [1.165, 1.54) is 0 Å². The van der Waals surface area contributed by atoms with Gasteiger partial charge in [-0.25, -0.2) is 0 Å². The molecule has 2 unspecified atom stereocenters. The molecule has 5 heteroatoms. The lowest BCUT2D eigenvalue weighted by molar-refractivity contribution is -0.133. The molecule has 20 heavy (non-hydrogen) atoms. The number of benzene rings is 1. The van der Waals surface area contributed by atoms with Gasteiger partial charge in [0.25, 0.3) is 0 Å². The molecule has 1 aromatic carbocycles. The second-order valence-electron chi connectivity index (χ2n) is 5.31. The molecule has 0 saturated heterocycles. The number of rotatable bonds is 4. The van der Waals surface area contributed by atoms with Crippen molar-refractivity contribution in [1.29, 1.82) is 5.26 Å². The molecule has 4 nitrogen and oxygen atoms in total. The molecule has 0 aliphatic heterocycles. The van der Waals surface area contributed by atoms with E-state index < -0.39 is 17.6 Å². The Morgan fingerprint density at radius 1 is 1.45 bits per heavy atom. The zero-order valence-corrected chi connectivity index (χ0v) is 12.0. The fraction of sp³-hybridized carbons (Fsp3) is 0.467. The third kappa shape index (κ3) is 2.79. The zero-order chi connectivity index (χ0) is 14.8. The minimum Gasteiger partial charge on any atom is -0.386 e. The first-order chi connectivity index (χ1) is 9.48. The van der Waals surface area contributed by atoms with Crippen LogP contribution in [-0.4, -0.2) is 17.1 Å². The van der Waals surface area contributed by atoms with E-state index in [0.717, 1.165) is 6.42 Å². The van der Waals surface area contributed by atoms with Crippen LogP contribution >= 0.6 is 11.6 Å². The van der Waals surface area contributed by atoms with E-state index in [0.29, 0.717) is 23.4 Å². The highest BCUT2D eigenvalue weighted by Gasteiger charge is 2.45. The van der Waals surface area contributed by atoms with Gasteiger partial charge in [0.05, 0.1) is 18.2 Å². The van der Waals surface area contributed by atoms with Gasteiger partial charge in [0.1, 0.15) is 5.41 Å². The number of aliphatic hydroxyl groups excluding tert-OH is 1. The Morgan fingerprint density at radius 2 is 2.05 bits per heavy atom. The van der Waals surface area contributed by atoms with Gasteiger partial charge in [-0.2, -0.15) is 5.26 Å². The van der Waals surface area contributed by atoms with E-state index in [9.17, 15) is 9.90 Å². The molecule has 2 atom stereocenters. The van der Waals surface area contributed by atoms with Gasteiger partial charge in [-0.1, -0.05) is 23.7 Å². The first-order valence-corrected chi connectivity index (χ1v) is 7.02. The van der Waals surface area contributed by atoms with Crippen molar-refractivity contribution in [3.63, 3.8) is 0 Å². The van der Waals surface area contributed by atoms with Gasteiger partial charge in [0.2, 0.25) is 5.91 Å². The Kier molecular flexibility index (Phi) is 4.32. The van der Waals surface area contributed by atoms with E-state index in [2.05, 4.69) is 11.4 Å². The molecule has 0 radical (unpaired) electrons. The molecule has 0 bridgehead atoms. The lowest BCUT2D eigenvalue weighted by Gasteiger charge is -2.35. The molecule has 2 rings (SSSR count). The number of carbonyl (C=O) groups is 1. The van der Waals surface area contributed by atoms with E-state index in [1.54, 1.807) is 31.2 Å². The zero-order valence-electron chi connectivity index (χ0n) is 11.3. The summed E-state index contributed by atoms with van der Waals surface area (Å²) in [6.45, 7) is 1.72. The number of nitrogens with one attached hydrogen (secondary N) is 1. The SMILES string of the molecule is CC(NC(=O)C1(C#N)CCC1)C(O)c1ccc(Cl)cc1. The molecule has 1 saturated carbocycles. The summed E-state index contributed by atoms with van der Waals surface area (Å²) in [4.78, 5) is 12.1. The maximum Gasteiger partial charge on any atom is 0.240 e. The van der Waals surface area contributed by atoms with Crippen LogP contribution in [0.2, 0.25) is 5.02 Å². The molecule has 106 valence electrons. The van der Waals surface area contributed by atoms with Crippen LogP contribution in [0.3, 0.4) is 0 Å². The minimum atomic E-state index is -0.895. The van der Waals surface area contributed by atoms with Crippen LogP contribution in [-0.2, 0) is 4.79 Å². The lowest BCUT2D eigenvalue weighted by Crippen LogP contribution is -2.49. The fourth-order valence-electron chi connectivity index (χ4n) is 2.29. The summed E-state index contributed by atoms with van der Waals surface area (Å²) in [7, 11) is 0. The van der Waals surface area contributed by atoms with Crippen molar-refractivity contribution in [2.75, 3.05) is 0 Å². The quantitative estimate of drug-likeness (QED) is 0.896. The van der Waals surface area contributed by atoms with Gasteiger partial charge >= 0.3 is 0 Å². The summed E-state index contributed by atoms with van der Waals surface area (Å²) >= 11 is 5.80. The maximum atomic E-state index is 12.1. The third-order valence-electron chi connectivity index (χ3n) is 3.90. The average molecular weight is 293 g/mol. The number of hydrogen-bond donors (Lipinski definition) is 2. The fourth-order valence-corrected chi connectivity index (χ4v) is 2.42. The van der Waals surface area contributed by atoms with Crippen LogP contribution in [0, 0.1) is 16.7 Å². The summed E-state index contributed by atoms with van der Waals surface area (Å²) in [5.41, 5.74) is -0.213. The topological polar surface area (TPSA) is 73.1 Å². The first-order valence-electron chi connectivity index (χ1n) is 6.64. The Balaban J connectivity index is 2.01. The highest BCUT2D eigenvalue weighted by molar-refractivity contribution is 6.30. The summed E-state index contributed by atoms with van der Waals surface area (Å²) in [5.74, 6) is -0.285. The van der Waals surface area contributed by atoms with Gasteiger partial charge in [0, 0.05) is 5.02 Å². The number of aliphatic hydroxyl groups is 1. The molecule has 0 spiro atoms. The standard InChI is InChI=1S/C15H17ClN2O2/c1-10(13(19)11-3-5-12(16)6-4-11)18-14(20)15(9-17)7-2-8-15/h3-6,10,13,19H,2,7-8H2,1H3,(H,18,20). The van der Waals surface area contributed by atoms with Crippen LogP contribution in [0.4, 0.5) is 0 Å². The predicted octanol–water partition coefficient (Wildman–Crippen LogP) is 2.57. The van der Waals surface area contributed by atoms with Crippen LogP contribution in [0.15, 0.2) is 24.3 Å². The monoisotopic (exact) mass is 292 g/mol. The van der Waals surface area contributed by atoms with Crippen molar-refractivity contribution in [3.8, 4) is 6.07 Å². The van der Waals surface area contributed by atoms with Crippen LogP contribution in [0.5, 0.6) is 0 Å². The van der Waals surface area contributed by atoms with Crippen molar-refractivity contribution >= 4 is 17.5 Å². The molecule has 1 aromatic rings. The van der Waals surface area contributed by atoms with Crippen molar-refractivity contribution in [2.24, 2.45) is 5.41 Å². The summed E-state index contributed by atoms with van der Waals surface area (Å²) in [6.07, 6.45) is 1.26. The first kappa shape index (κ1) is 14.8. The Bertz CT molecular complexity index is 532. The van der Waals surface area contributed by atoms with E-state index in [-0.39, 0.29) is 5.91 Å². The summed E-state index contributed by atoms with van der Waals surface area (Å²) in [5, 5.41) is 22.7. The molecule has 1 amide bonds. The normalized spacial score (nSPS) is 19.3. The Labute approximate surface area is 123 Å². The minimum absolute atomic E-state index is 0.285. The van der Waals surface area contributed by atoms with E-state index >= 15 is 0 Å². The molecule has 1 fully saturated rings. The molecular formula is C15H17ClN2O2. The number of halogens is 1. The number of carbonyl (C=O) groups excluding carboxylic acids is 1. The molecule has 0 heterocycles. The number of hydrogen-bond acceptors (Lipinski definition) is 3. The van der Waals surface area contributed by atoms with Crippen LogP contribution < -0.4 is 5.32 Å². The van der Waals surface area contributed by atoms with Gasteiger partial charge in [0.15, 0.2) is 0 Å². The van der Waals surface area contributed by atoms with Gasteiger partial charge in [-0.15, -0.1) is 0 Å². The predicted molar refractivity (Wildman–Crippen MR) is 75.9 cm³/mol. The lowest BCUT2D eigenvalue weighted by atomic mass is 9.69. The van der Waals surface area contributed by atoms with Crippen molar-refractivity contribution in [1.82, 2.24) is 5.32 Å². The van der Waals surface area contributed by atoms with Crippen LogP contribution in [0.25, 0.3) is 0 Å². The molecule has 2 N–H and O–H groups in total. The summed E-state index contributed by atoms with van der Waals surface area (Å²) in [6, 6.07) is 8.46. The van der Waals surface area contributed by atoms with Crippen LogP contribution in [0.1, 0.15) is 37.9 Å². The number of amides is 1. The Morgan fingerprint density at radius 3 is 2.50 bits per heavy atom. The van der Waals surface area contributed by atoms with E-state index in [1.807, 2.05) is 0 Å². The van der Waals surface area contributed by atoms with Gasteiger partial charge in [-0.05, 0) is 43.9 Å². The smallest absolute Gasteiger partial charge is 0.240 e. The number of nitrogens with zero attached hydrogens (tertiary/aromatic N) is 1. The number of nitriles is 1. The van der Waals surface area contributed by atoms with Gasteiger partial charge < -0.3 is 10.4 Å². The summed E-state index contributed by atoms with van der Waals surface area (Å²) < 4.78 is 0. The van der Waals surface area contributed by atoms with Crippen molar-refractivity contribution in [2.45, 2.75) is 38.3 Å². The second kappa shape index (κ2) is 5.82. The average Bonchev–Trinajstić information content (AvgIpc) is 2.38. The van der Waals surface area contributed by atoms with Crippen molar-refractivity contribution < 1.29 is 9.90 Å². The molecular weight excluding hydrogens is 276 g/mol. The van der Waals surface area contributed by atoms with Crippen molar-refractivity contribution in [3.05, 3.63) is 34.9 Å². The molecule has 1 aliphatic carbocycles. The molecule has 0 aromatic heterocycles. The van der Waals surface area contributed by atoms with E-state index in [4.69, 9.17) is 16.9 Å². The highest BCUT2D eigenvalue weighted by atomic mass is 35.5. The van der Waals surface area contributed by atoms with Gasteiger partial charge in [-0.3, -0.25) is 4.79 Å². The largest absolute Gasteiger partial charge is 0.386 e. The highest BCUT2D eigenvalue weighted by Crippen LogP contribution is 2.40. The third-order valence-corrected chi connectivity index (χ3v) is 4.15. The maximum absolute atomic E-state index is 12.1. The molecule has 1 aliphatic rings. The second-order valence-corrected chi connectivity index (χ2v) is 5.74.